The van der Waals surface area contributed by atoms with Crippen molar-refractivity contribution in [2.24, 2.45) is 10.8 Å². The fourth-order valence-electron chi connectivity index (χ4n) is 4.36. The lowest BCUT2D eigenvalue weighted by atomic mass is 9.65. The number of carbonyl (C=O) groups is 1. The zero-order chi connectivity index (χ0) is 13.7. The van der Waals surface area contributed by atoms with Gasteiger partial charge in [0.1, 0.15) is 0 Å². The molecule has 1 aromatic heterocycles. The first-order valence-corrected chi connectivity index (χ1v) is 7.10. The molecule has 2 fully saturated rings. The van der Waals surface area contributed by atoms with Crippen LogP contribution < -0.4 is 0 Å². The van der Waals surface area contributed by atoms with E-state index in [4.69, 9.17) is 0 Å². The number of hydrogen-bond donors (Lipinski definition) is 0. The Morgan fingerprint density at radius 1 is 1.26 bits per heavy atom. The van der Waals surface area contributed by atoms with E-state index in [2.05, 4.69) is 30.7 Å². The number of nitrogens with zero attached hydrogens (tertiary/aromatic N) is 2. The quantitative estimate of drug-likeness (QED) is 0.775. The molecule has 2 heterocycles. The molecule has 0 N–H and O–H groups in total. The molecule has 0 spiro atoms. The lowest BCUT2D eigenvalue weighted by molar-refractivity contribution is 0.0708. The summed E-state index contributed by atoms with van der Waals surface area (Å²) in [5, 5.41) is 0. The summed E-state index contributed by atoms with van der Waals surface area (Å²) in [4.78, 5) is 18.7. The molecule has 2 bridgehead atoms. The van der Waals surface area contributed by atoms with Crippen LogP contribution in [-0.2, 0) is 0 Å². The Hall–Kier alpha value is -1.38. The smallest absolute Gasteiger partial charge is 0.254 e. The molecule has 1 saturated heterocycles. The van der Waals surface area contributed by atoms with Gasteiger partial charge in [0.2, 0.25) is 0 Å². The summed E-state index contributed by atoms with van der Waals surface area (Å²) in [5.41, 5.74) is 1.42. The zero-order valence-corrected chi connectivity index (χ0v) is 12.0. The molecule has 3 nitrogen and oxygen atoms in total. The number of pyridine rings is 1. The first-order chi connectivity index (χ1) is 8.89. The highest BCUT2D eigenvalue weighted by atomic mass is 16.2. The molecule has 0 aromatic carbocycles. The molecule has 102 valence electrons. The van der Waals surface area contributed by atoms with Crippen LogP contribution in [0.4, 0.5) is 0 Å². The Morgan fingerprint density at radius 3 is 2.63 bits per heavy atom. The average Bonchev–Trinajstić information content (AvgIpc) is 2.59. The van der Waals surface area contributed by atoms with Gasteiger partial charge in [-0.1, -0.05) is 20.8 Å². The fourth-order valence-corrected chi connectivity index (χ4v) is 4.36. The maximum absolute atomic E-state index is 12.6. The Balaban J connectivity index is 1.86. The molecule has 2 aliphatic rings. The Bertz CT molecular complexity index is 497. The van der Waals surface area contributed by atoms with E-state index in [0.29, 0.717) is 16.9 Å². The van der Waals surface area contributed by atoms with Crippen molar-refractivity contribution in [3.63, 3.8) is 0 Å². The van der Waals surface area contributed by atoms with Crippen LogP contribution in [0.15, 0.2) is 24.5 Å². The topological polar surface area (TPSA) is 33.2 Å². The third-order valence-electron chi connectivity index (χ3n) is 4.60. The third kappa shape index (κ3) is 2.26. The van der Waals surface area contributed by atoms with E-state index in [9.17, 15) is 4.79 Å². The monoisotopic (exact) mass is 258 g/mol. The third-order valence-corrected chi connectivity index (χ3v) is 4.60. The summed E-state index contributed by atoms with van der Waals surface area (Å²) in [7, 11) is 0. The van der Waals surface area contributed by atoms with Crippen LogP contribution in [0.5, 0.6) is 0 Å². The average molecular weight is 258 g/mol. The predicted octanol–water partition coefficient (Wildman–Crippen LogP) is 3.12. The van der Waals surface area contributed by atoms with Crippen LogP contribution in [0.2, 0.25) is 0 Å². The van der Waals surface area contributed by atoms with Gasteiger partial charge in [-0.15, -0.1) is 0 Å². The molecule has 3 rings (SSSR count). The van der Waals surface area contributed by atoms with Gasteiger partial charge < -0.3 is 4.90 Å². The Kier molecular flexibility index (Phi) is 2.70. The van der Waals surface area contributed by atoms with Crippen molar-refractivity contribution in [1.29, 1.82) is 0 Å². The molecular formula is C16H22N2O. The molecule has 2 atom stereocenters. The van der Waals surface area contributed by atoms with Crippen LogP contribution in [0.25, 0.3) is 0 Å². The van der Waals surface area contributed by atoms with Gasteiger partial charge in [-0.25, -0.2) is 0 Å². The standard InChI is InChI=1S/C16H22N2O/c1-15(2)8-13-9-16(3,10-15)11-18(13)14(19)12-4-6-17-7-5-12/h4-7,13H,8-11H2,1-3H3. The molecular weight excluding hydrogens is 236 g/mol. The number of rotatable bonds is 1. The molecule has 3 heteroatoms. The highest BCUT2D eigenvalue weighted by Gasteiger charge is 2.50. The summed E-state index contributed by atoms with van der Waals surface area (Å²) in [6.45, 7) is 7.90. The van der Waals surface area contributed by atoms with E-state index in [1.54, 1.807) is 12.4 Å². The van der Waals surface area contributed by atoms with Gasteiger partial charge in [-0.2, -0.15) is 0 Å². The summed E-state index contributed by atoms with van der Waals surface area (Å²) in [6, 6.07) is 4.05. The number of carbonyl (C=O) groups excluding carboxylic acids is 1. The minimum absolute atomic E-state index is 0.175. The lowest BCUT2D eigenvalue weighted by Crippen LogP contribution is -2.37. The van der Waals surface area contributed by atoms with Gasteiger partial charge in [-0.05, 0) is 42.2 Å². The Morgan fingerprint density at radius 2 is 1.95 bits per heavy atom. The minimum atomic E-state index is 0.175. The Labute approximate surface area is 115 Å². The SMILES string of the molecule is CC1(C)CC2CC(C)(CN2C(=O)c2ccncc2)C1. The van der Waals surface area contributed by atoms with Crippen molar-refractivity contribution in [3.8, 4) is 0 Å². The van der Waals surface area contributed by atoms with Crippen molar-refractivity contribution < 1.29 is 4.79 Å². The first kappa shape index (κ1) is 12.6. The van der Waals surface area contributed by atoms with Gasteiger partial charge in [0.25, 0.3) is 5.91 Å². The van der Waals surface area contributed by atoms with E-state index in [1.807, 2.05) is 12.1 Å². The van der Waals surface area contributed by atoms with Crippen molar-refractivity contribution in [1.82, 2.24) is 9.88 Å². The maximum Gasteiger partial charge on any atom is 0.254 e. The normalized spacial score (nSPS) is 32.4. The molecule has 0 radical (unpaired) electrons. The van der Waals surface area contributed by atoms with Gasteiger partial charge in [0, 0.05) is 30.5 Å². The number of fused-ring (bicyclic) bond motifs is 2. The van der Waals surface area contributed by atoms with Crippen molar-refractivity contribution in [2.45, 2.75) is 46.1 Å². The number of hydrogen-bond acceptors (Lipinski definition) is 2. The maximum atomic E-state index is 12.6. The zero-order valence-electron chi connectivity index (χ0n) is 12.0. The van der Waals surface area contributed by atoms with Crippen LogP contribution in [0, 0.1) is 10.8 Å². The van der Waals surface area contributed by atoms with Crippen LogP contribution >= 0.6 is 0 Å². The molecule has 1 aliphatic heterocycles. The molecule has 1 aromatic rings. The molecule has 1 saturated carbocycles. The largest absolute Gasteiger partial charge is 0.335 e. The molecule has 2 unspecified atom stereocenters. The van der Waals surface area contributed by atoms with Crippen molar-refractivity contribution in [2.75, 3.05) is 6.54 Å². The number of aromatic nitrogens is 1. The van der Waals surface area contributed by atoms with E-state index < -0.39 is 0 Å². The number of amides is 1. The summed E-state index contributed by atoms with van der Waals surface area (Å²) in [5.74, 6) is 0.175. The molecule has 1 aliphatic carbocycles. The van der Waals surface area contributed by atoms with Crippen molar-refractivity contribution in [3.05, 3.63) is 30.1 Å². The highest BCUT2D eigenvalue weighted by Crippen LogP contribution is 2.52. The van der Waals surface area contributed by atoms with E-state index >= 15 is 0 Å². The number of likely N-dealkylation sites (tertiary alicyclic amines) is 1. The first-order valence-electron chi connectivity index (χ1n) is 7.10. The lowest BCUT2D eigenvalue weighted by Gasteiger charge is -2.39. The van der Waals surface area contributed by atoms with Gasteiger partial charge >= 0.3 is 0 Å². The molecule has 1 amide bonds. The second kappa shape index (κ2) is 4.06. The van der Waals surface area contributed by atoms with E-state index in [1.165, 1.54) is 6.42 Å². The van der Waals surface area contributed by atoms with Crippen LogP contribution in [0.1, 0.15) is 50.4 Å². The fraction of sp³-hybridized carbons (Fsp3) is 0.625. The van der Waals surface area contributed by atoms with Crippen molar-refractivity contribution >= 4 is 5.91 Å². The van der Waals surface area contributed by atoms with Gasteiger partial charge in [-0.3, -0.25) is 9.78 Å². The van der Waals surface area contributed by atoms with Crippen LogP contribution in [-0.4, -0.2) is 28.4 Å². The summed E-state index contributed by atoms with van der Waals surface area (Å²) < 4.78 is 0. The second-order valence-electron chi connectivity index (χ2n) is 7.38. The predicted molar refractivity (Wildman–Crippen MR) is 74.8 cm³/mol. The van der Waals surface area contributed by atoms with E-state index in [-0.39, 0.29) is 5.91 Å². The minimum Gasteiger partial charge on any atom is -0.335 e. The van der Waals surface area contributed by atoms with E-state index in [0.717, 1.165) is 24.9 Å². The van der Waals surface area contributed by atoms with Gasteiger partial charge in [0.15, 0.2) is 0 Å². The second-order valence-corrected chi connectivity index (χ2v) is 7.38. The highest BCUT2D eigenvalue weighted by molar-refractivity contribution is 5.94. The van der Waals surface area contributed by atoms with Crippen LogP contribution in [0.3, 0.4) is 0 Å². The summed E-state index contributed by atoms with van der Waals surface area (Å²) >= 11 is 0. The molecule has 19 heavy (non-hydrogen) atoms. The van der Waals surface area contributed by atoms with Gasteiger partial charge in [0.05, 0.1) is 0 Å². The summed E-state index contributed by atoms with van der Waals surface area (Å²) in [6.07, 6.45) is 6.89.